The van der Waals surface area contributed by atoms with E-state index in [1.807, 2.05) is 12.1 Å². The first kappa shape index (κ1) is 19.9. The van der Waals surface area contributed by atoms with Gasteiger partial charge in [0.15, 0.2) is 0 Å². The molecule has 0 aromatic heterocycles. The zero-order valence-corrected chi connectivity index (χ0v) is 15.4. The minimum atomic E-state index is 0.918. The van der Waals surface area contributed by atoms with Crippen LogP contribution in [0.25, 0.3) is 0 Å². The van der Waals surface area contributed by atoms with Crippen molar-refractivity contribution >= 4 is 5.69 Å². The summed E-state index contributed by atoms with van der Waals surface area (Å²) in [5, 5.41) is 3.48. The van der Waals surface area contributed by atoms with Crippen LogP contribution >= 0.6 is 0 Å². The maximum Gasteiger partial charge on any atom is 0.119 e. The Labute approximate surface area is 144 Å². The van der Waals surface area contributed by atoms with E-state index >= 15 is 0 Å². The molecule has 1 aromatic carbocycles. The summed E-state index contributed by atoms with van der Waals surface area (Å²) in [7, 11) is 1.70. The maximum absolute atomic E-state index is 5.16. The van der Waals surface area contributed by atoms with Gasteiger partial charge in [-0.25, -0.2) is 0 Å². The van der Waals surface area contributed by atoms with Gasteiger partial charge in [0.2, 0.25) is 0 Å². The summed E-state index contributed by atoms with van der Waals surface area (Å²) in [6.07, 6.45) is 16.9. The van der Waals surface area contributed by atoms with Gasteiger partial charge in [-0.15, -0.1) is 0 Å². The van der Waals surface area contributed by atoms with Gasteiger partial charge in [0, 0.05) is 12.2 Å². The molecular weight excluding hydrogens is 282 g/mol. The lowest BCUT2D eigenvalue weighted by Gasteiger charge is -2.07. The van der Waals surface area contributed by atoms with Crippen molar-refractivity contribution in [1.82, 2.24) is 0 Å². The molecule has 2 nitrogen and oxygen atoms in total. The summed E-state index contributed by atoms with van der Waals surface area (Å²) < 4.78 is 5.16. The summed E-state index contributed by atoms with van der Waals surface area (Å²) >= 11 is 0. The standard InChI is InChI=1S/C21H37NO/c1-3-4-5-6-7-8-9-10-11-12-13-14-19-22-20-15-17-21(23-2)18-16-20/h15-18,22H,3-14,19H2,1-2H3. The van der Waals surface area contributed by atoms with E-state index < -0.39 is 0 Å². The first-order chi connectivity index (χ1) is 11.4. The number of methoxy groups -OCH3 is 1. The summed E-state index contributed by atoms with van der Waals surface area (Å²) in [5.41, 5.74) is 1.19. The fourth-order valence-corrected chi connectivity index (χ4v) is 2.91. The quantitative estimate of drug-likeness (QED) is 0.359. The predicted octanol–water partition coefficient (Wildman–Crippen LogP) is 6.81. The van der Waals surface area contributed by atoms with E-state index in [2.05, 4.69) is 24.4 Å². The highest BCUT2D eigenvalue weighted by Gasteiger charge is 1.95. The molecule has 132 valence electrons. The average molecular weight is 320 g/mol. The molecule has 0 bridgehead atoms. The van der Waals surface area contributed by atoms with Crippen LogP contribution in [-0.2, 0) is 0 Å². The molecule has 2 heteroatoms. The van der Waals surface area contributed by atoms with Crippen molar-refractivity contribution in [2.75, 3.05) is 19.0 Å². The highest BCUT2D eigenvalue weighted by Crippen LogP contribution is 2.15. The number of hydrogen-bond acceptors (Lipinski definition) is 2. The summed E-state index contributed by atoms with van der Waals surface area (Å²) in [6.45, 7) is 3.36. The van der Waals surface area contributed by atoms with Gasteiger partial charge in [-0.3, -0.25) is 0 Å². The van der Waals surface area contributed by atoms with Crippen LogP contribution in [0.1, 0.15) is 84.0 Å². The van der Waals surface area contributed by atoms with Gasteiger partial charge < -0.3 is 10.1 Å². The molecule has 0 unspecified atom stereocenters. The molecule has 0 saturated carbocycles. The van der Waals surface area contributed by atoms with Gasteiger partial charge in [-0.05, 0) is 30.7 Å². The topological polar surface area (TPSA) is 21.3 Å². The minimum absolute atomic E-state index is 0.918. The molecule has 0 atom stereocenters. The van der Waals surface area contributed by atoms with Crippen molar-refractivity contribution in [2.24, 2.45) is 0 Å². The zero-order valence-electron chi connectivity index (χ0n) is 15.4. The van der Waals surface area contributed by atoms with Crippen LogP contribution in [-0.4, -0.2) is 13.7 Å². The molecule has 0 heterocycles. The Morgan fingerprint density at radius 3 is 1.65 bits per heavy atom. The fraction of sp³-hybridized carbons (Fsp3) is 0.714. The van der Waals surface area contributed by atoms with E-state index in [9.17, 15) is 0 Å². The van der Waals surface area contributed by atoms with E-state index in [4.69, 9.17) is 4.74 Å². The molecule has 1 rings (SSSR count). The van der Waals surface area contributed by atoms with Gasteiger partial charge in [0.05, 0.1) is 7.11 Å². The van der Waals surface area contributed by atoms with Gasteiger partial charge in [-0.1, -0.05) is 77.6 Å². The first-order valence-electron chi connectivity index (χ1n) is 9.74. The number of ether oxygens (including phenoxy) is 1. The Hall–Kier alpha value is -1.18. The summed E-state index contributed by atoms with van der Waals surface area (Å²) in [5.74, 6) is 0.918. The molecule has 0 radical (unpaired) electrons. The zero-order chi connectivity index (χ0) is 16.6. The molecule has 0 spiro atoms. The van der Waals surface area contributed by atoms with Crippen molar-refractivity contribution < 1.29 is 4.74 Å². The Bertz CT molecular complexity index is 361. The number of unbranched alkanes of at least 4 members (excludes halogenated alkanes) is 11. The van der Waals surface area contributed by atoms with Crippen LogP contribution in [0.4, 0.5) is 5.69 Å². The minimum Gasteiger partial charge on any atom is -0.497 e. The highest BCUT2D eigenvalue weighted by atomic mass is 16.5. The third-order valence-corrected chi connectivity index (χ3v) is 4.45. The summed E-state index contributed by atoms with van der Waals surface area (Å²) in [4.78, 5) is 0. The Morgan fingerprint density at radius 2 is 1.17 bits per heavy atom. The lowest BCUT2D eigenvalue weighted by atomic mass is 10.1. The van der Waals surface area contributed by atoms with E-state index in [1.54, 1.807) is 7.11 Å². The molecule has 1 N–H and O–H groups in total. The molecule has 0 amide bonds. The van der Waals surface area contributed by atoms with Crippen LogP contribution in [0, 0.1) is 0 Å². The second kappa shape index (κ2) is 14.4. The second-order valence-corrected chi connectivity index (χ2v) is 6.54. The van der Waals surface area contributed by atoms with Crippen molar-refractivity contribution in [3.8, 4) is 5.75 Å². The van der Waals surface area contributed by atoms with E-state index in [0.29, 0.717) is 0 Å². The second-order valence-electron chi connectivity index (χ2n) is 6.54. The van der Waals surface area contributed by atoms with Crippen LogP contribution in [0.5, 0.6) is 5.75 Å². The number of benzene rings is 1. The van der Waals surface area contributed by atoms with Gasteiger partial charge in [0.25, 0.3) is 0 Å². The van der Waals surface area contributed by atoms with Gasteiger partial charge in [-0.2, -0.15) is 0 Å². The third-order valence-electron chi connectivity index (χ3n) is 4.45. The van der Waals surface area contributed by atoms with Crippen LogP contribution < -0.4 is 10.1 Å². The highest BCUT2D eigenvalue weighted by molar-refractivity contribution is 5.46. The molecule has 0 aliphatic rings. The van der Waals surface area contributed by atoms with E-state index in [1.165, 1.54) is 82.7 Å². The summed E-state index contributed by atoms with van der Waals surface area (Å²) in [6, 6.07) is 8.17. The largest absolute Gasteiger partial charge is 0.497 e. The molecule has 23 heavy (non-hydrogen) atoms. The molecular formula is C21H37NO. The normalized spacial score (nSPS) is 10.7. The van der Waals surface area contributed by atoms with Crippen LogP contribution in [0.2, 0.25) is 0 Å². The number of hydrogen-bond donors (Lipinski definition) is 1. The van der Waals surface area contributed by atoms with Crippen molar-refractivity contribution in [1.29, 1.82) is 0 Å². The SMILES string of the molecule is CCCCCCCCCCCCCCNc1ccc(OC)cc1. The van der Waals surface area contributed by atoms with E-state index in [0.717, 1.165) is 12.3 Å². The lowest BCUT2D eigenvalue weighted by Crippen LogP contribution is -2.01. The Morgan fingerprint density at radius 1 is 0.696 bits per heavy atom. The molecule has 0 aliphatic heterocycles. The Kier molecular flexibility index (Phi) is 12.5. The molecule has 0 fully saturated rings. The number of rotatable bonds is 15. The number of nitrogens with one attached hydrogen (secondary N) is 1. The Balaban J connectivity index is 1.82. The third kappa shape index (κ3) is 11.1. The van der Waals surface area contributed by atoms with Crippen molar-refractivity contribution in [2.45, 2.75) is 84.0 Å². The smallest absolute Gasteiger partial charge is 0.119 e. The number of anilines is 1. The van der Waals surface area contributed by atoms with E-state index in [-0.39, 0.29) is 0 Å². The molecule has 0 aliphatic carbocycles. The van der Waals surface area contributed by atoms with Gasteiger partial charge >= 0.3 is 0 Å². The fourth-order valence-electron chi connectivity index (χ4n) is 2.91. The average Bonchev–Trinajstić information content (AvgIpc) is 2.59. The van der Waals surface area contributed by atoms with Gasteiger partial charge in [0.1, 0.15) is 5.75 Å². The van der Waals surface area contributed by atoms with Crippen LogP contribution in [0.15, 0.2) is 24.3 Å². The molecule has 1 aromatic rings. The maximum atomic E-state index is 5.16. The molecule has 0 saturated heterocycles. The monoisotopic (exact) mass is 319 g/mol. The van der Waals surface area contributed by atoms with Crippen LogP contribution in [0.3, 0.4) is 0 Å². The first-order valence-corrected chi connectivity index (χ1v) is 9.74. The van der Waals surface area contributed by atoms with Crippen molar-refractivity contribution in [3.05, 3.63) is 24.3 Å². The van der Waals surface area contributed by atoms with Crippen molar-refractivity contribution in [3.63, 3.8) is 0 Å². The lowest BCUT2D eigenvalue weighted by molar-refractivity contribution is 0.415. The predicted molar refractivity (Wildman–Crippen MR) is 103 cm³/mol.